The van der Waals surface area contributed by atoms with Crippen LogP contribution in [0.4, 0.5) is 0 Å². The van der Waals surface area contributed by atoms with Gasteiger partial charge in [0.05, 0.1) is 10.4 Å². The zero-order valence-corrected chi connectivity index (χ0v) is 14.8. The zero-order chi connectivity index (χ0) is 18.0. The number of aryl methyl sites for hydroxylation is 1. The summed E-state index contributed by atoms with van der Waals surface area (Å²) in [4.78, 5) is 24.8. The fraction of sp³-hybridized carbons (Fsp3) is 0.263. The molecule has 0 saturated carbocycles. The van der Waals surface area contributed by atoms with Gasteiger partial charge in [-0.3, -0.25) is 9.59 Å². The lowest BCUT2D eigenvalue weighted by Gasteiger charge is -2.12. The van der Waals surface area contributed by atoms with Crippen molar-refractivity contribution in [2.75, 3.05) is 0 Å². The Morgan fingerprint density at radius 1 is 1.20 bits per heavy atom. The molecule has 0 fully saturated rings. The zero-order valence-electron chi connectivity index (χ0n) is 14.1. The molecule has 0 radical (unpaired) electrons. The highest BCUT2D eigenvalue weighted by molar-refractivity contribution is 6.34. The summed E-state index contributed by atoms with van der Waals surface area (Å²) in [6, 6.07) is 13.1. The van der Waals surface area contributed by atoms with E-state index in [1.807, 2.05) is 38.1 Å². The molecular formula is C19H18ClN3O2. The van der Waals surface area contributed by atoms with Gasteiger partial charge >= 0.3 is 0 Å². The van der Waals surface area contributed by atoms with Gasteiger partial charge in [0.25, 0.3) is 5.56 Å². The lowest BCUT2D eigenvalue weighted by molar-refractivity contribution is -0.120. The van der Waals surface area contributed by atoms with Crippen LogP contribution in [0.1, 0.15) is 30.4 Å². The maximum atomic E-state index is 12.5. The summed E-state index contributed by atoms with van der Waals surface area (Å²) < 4.78 is 1.10. The normalized spacial score (nSPS) is 12.3. The average molecular weight is 356 g/mol. The third-order valence-electron chi connectivity index (χ3n) is 4.21. The number of Topliss-reactive ketones (excluding diaryl/α,β-unsaturated/α-hetero) is 1. The SMILES string of the molecule is Cc1ccc([C@H](C)CC(=O)Cn2nnc3c(Cl)cccc3c2=O)cc1. The van der Waals surface area contributed by atoms with Crippen molar-refractivity contribution >= 4 is 28.3 Å². The minimum atomic E-state index is -0.358. The first-order valence-electron chi connectivity index (χ1n) is 8.06. The number of ketones is 1. The van der Waals surface area contributed by atoms with E-state index < -0.39 is 0 Å². The van der Waals surface area contributed by atoms with Crippen LogP contribution in [0.3, 0.4) is 0 Å². The third kappa shape index (κ3) is 3.77. The monoisotopic (exact) mass is 355 g/mol. The van der Waals surface area contributed by atoms with Gasteiger partial charge in [-0.15, -0.1) is 5.10 Å². The Morgan fingerprint density at radius 2 is 1.92 bits per heavy atom. The molecule has 6 heteroatoms. The summed E-state index contributed by atoms with van der Waals surface area (Å²) in [5, 5.41) is 8.55. The number of hydrogen-bond donors (Lipinski definition) is 0. The van der Waals surface area contributed by atoms with Crippen molar-refractivity contribution in [2.24, 2.45) is 0 Å². The first-order valence-corrected chi connectivity index (χ1v) is 8.44. The van der Waals surface area contributed by atoms with Gasteiger partial charge in [0.1, 0.15) is 12.1 Å². The van der Waals surface area contributed by atoms with Crippen molar-refractivity contribution in [3.8, 4) is 0 Å². The lowest BCUT2D eigenvalue weighted by atomic mass is 9.95. The summed E-state index contributed by atoms with van der Waals surface area (Å²) >= 11 is 6.02. The Labute approximate surface area is 150 Å². The molecule has 1 heterocycles. The fourth-order valence-electron chi connectivity index (χ4n) is 2.76. The molecule has 0 aliphatic rings. The highest BCUT2D eigenvalue weighted by Crippen LogP contribution is 2.20. The van der Waals surface area contributed by atoms with Crippen molar-refractivity contribution in [3.63, 3.8) is 0 Å². The van der Waals surface area contributed by atoms with Gasteiger partial charge in [0, 0.05) is 6.42 Å². The number of fused-ring (bicyclic) bond motifs is 1. The molecule has 0 N–H and O–H groups in total. The van der Waals surface area contributed by atoms with Crippen LogP contribution in [-0.4, -0.2) is 20.8 Å². The van der Waals surface area contributed by atoms with Gasteiger partial charge < -0.3 is 0 Å². The molecule has 2 aromatic carbocycles. The summed E-state index contributed by atoms with van der Waals surface area (Å²) in [6.07, 6.45) is 0.338. The quantitative estimate of drug-likeness (QED) is 0.702. The van der Waals surface area contributed by atoms with Crippen LogP contribution in [-0.2, 0) is 11.3 Å². The predicted octanol–water partition coefficient (Wildman–Crippen LogP) is 3.52. The highest BCUT2D eigenvalue weighted by atomic mass is 35.5. The van der Waals surface area contributed by atoms with Crippen LogP contribution < -0.4 is 5.56 Å². The Hall–Kier alpha value is -2.53. The molecule has 25 heavy (non-hydrogen) atoms. The number of halogens is 1. The predicted molar refractivity (Wildman–Crippen MR) is 98.0 cm³/mol. The van der Waals surface area contributed by atoms with E-state index in [9.17, 15) is 9.59 Å². The molecule has 5 nitrogen and oxygen atoms in total. The smallest absolute Gasteiger partial charge is 0.278 e. The average Bonchev–Trinajstić information content (AvgIpc) is 2.58. The summed E-state index contributed by atoms with van der Waals surface area (Å²) in [5.74, 6) is 0.0116. The molecule has 128 valence electrons. The van der Waals surface area contributed by atoms with E-state index in [2.05, 4.69) is 10.3 Å². The van der Waals surface area contributed by atoms with E-state index in [1.54, 1.807) is 18.2 Å². The van der Waals surface area contributed by atoms with Crippen molar-refractivity contribution < 1.29 is 4.79 Å². The Balaban J connectivity index is 1.77. The molecule has 0 unspecified atom stereocenters. The largest absolute Gasteiger partial charge is 0.298 e. The minimum Gasteiger partial charge on any atom is -0.298 e. The van der Waals surface area contributed by atoms with E-state index >= 15 is 0 Å². The molecule has 1 atom stereocenters. The van der Waals surface area contributed by atoms with Gasteiger partial charge in [-0.05, 0) is 30.5 Å². The minimum absolute atomic E-state index is 0.0640. The molecule has 0 aliphatic carbocycles. The van der Waals surface area contributed by atoms with Crippen molar-refractivity contribution in [1.29, 1.82) is 0 Å². The van der Waals surface area contributed by atoms with Crippen molar-refractivity contribution in [3.05, 3.63) is 69.0 Å². The molecule has 0 amide bonds. The number of aromatic nitrogens is 3. The van der Waals surface area contributed by atoms with E-state index in [0.29, 0.717) is 22.3 Å². The van der Waals surface area contributed by atoms with Gasteiger partial charge in [-0.2, -0.15) is 0 Å². The number of rotatable bonds is 5. The molecule has 0 saturated heterocycles. The maximum Gasteiger partial charge on any atom is 0.278 e. The van der Waals surface area contributed by atoms with Crippen LogP contribution in [0.2, 0.25) is 5.02 Å². The molecule has 3 rings (SSSR count). The summed E-state index contributed by atoms with van der Waals surface area (Å²) in [6.45, 7) is 3.93. The number of benzene rings is 2. The van der Waals surface area contributed by atoms with E-state index in [0.717, 1.165) is 10.2 Å². The van der Waals surface area contributed by atoms with E-state index in [4.69, 9.17) is 11.6 Å². The van der Waals surface area contributed by atoms with E-state index in [-0.39, 0.29) is 23.8 Å². The Bertz CT molecular complexity index is 980. The number of nitrogens with zero attached hydrogens (tertiary/aromatic N) is 3. The van der Waals surface area contributed by atoms with Gasteiger partial charge in [0.2, 0.25) is 0 Å². The first-order chi connectivity index (χ1) is 12.0. The van der Waals surface area contributed by atoms with Crippen LogP contribution in [0.25, 0.3) is 10.9 Å². The number of hydrogen-bond acceptors (Lipinski definition) is 4. The molecule has 0 bridgehead atoms. The van der Waals surface area contributed by atoms with Gasteiger partial charge in [0.15, 0.2) is 5.78 Å². The van der Waals surface area contributed by atoms with Crippen LogP contribution in [0.15, 0.2) is 47.3 Å². The van der Waals surface area contributed by atoms with Crippen molar-refractivity contribution in [1.82, 2.24) is 15.0 Å². The Kier molecular flexibility index (Phi) is 4.95. The fourth-order valence-corrected chi connectivity index (χ4v) is 2.97. The van der Waals surface area contributed by atoms with Crippen LogP contribution in [0, 0.1) is 6.92 Å². The topological polar surface area (TPSA) is 64.8 Å². The standard InChI is InChI=1S/C19H18ClN3O2/c1-12-6-8-14(9-7-12)13(2)10-15(24)11-23-19(25)16-4-3-5-17(20)18(16)21-22-23/h3-9,13H,10-11H2,1-2H3/t13-/m1/s1. The number of carbonyl (C=O) groups is 1. The molecular weight excluding hydrogens is 338 g/mol. The van der Waals surface area contributed by atoms with E-state index in [1.165, 1.54) is 5.56 Å². The third-order valence-corrected chi connectivity index (χ3v) is 4.52. The van der Waals surface area contributed by atoms with Gasteiger partial charge in [-0.1, -0.05) is 59.6 Å². The summed E-state index contributed by atoms with van der Waals surface area (Å²) in [7, 11) is 0. The summed E-state index contributed by atoms with van der Waals surface area (Å²) in [5.41, 5.74) is 2.27. The van der Waals surface area contributed by atoms with Crippen LogP contribution in [0.5, 0.6) is 0 Å². The number of carbonyl (C=O) groups excluding carboxylic acids is 1. The second-order valence-electron chi connectivity index (χ2n) is 6.24. The molecule has 3 aromatic rings. The van der Waals surface area contributed by atoms with Crippen LogP contribution >= 0.6 is 11.6 Å². The lowest BCUT2D eigenvalue weighted by Crippen LogP contribution is -2.28. The molecule has 0 spiro atoms. The first kappa shape index (κ1) is 17.3. The van der Waals surface area contributed by atoms with Crippen molar-refractivity contribution in [2.45, 2.75) is 32.7 Å². The van der Waals surface area contributed by atoms with Gasteiger partial charge in [-0.25, -0.2) is 4.68 Å². The Morgan fingerprint density at radius 3 is 2.64 bits per heavy atom. The molecule has 1 aromatic heterocycles. The second kappa shape index (κ2) is 7.15. The highest BCUT2D eigenvalue weighted by Gasteiger charge is 2.15. The maximum absolute atomic E-state index is 12.5. The molecule has 0 aliphatic heterocycles. The second-order valence-corrected chi connectivity index (χ2v) is 6.65.